The first kappa shape index (κ1) is 22.4. The number of tetrazole rings is 1. The summed E-state index contributed by atoms with van der Waals surface area (Å²) in [5, 5.41) is 14.1. The quantitative estimate of drug-likeness (QED) is 0.564. The van der Waals surface area contributed by atoms with Gasteiger partial charge in [-0.2, -0.15) is 0 Å². The number of carbonyl (C=O) groups is 2. The molecular weight excluding hydrogens is 427 g/mol. The smallest absolute Gasteiger partial charge is 0.414 e. The van der Waals surface area contributed by atoms with Crippen molar-refractivity contribution < 1.29 is 18.7 Å². The Balaban J connectivity index is 1.38. The molecule has 0 bridgehead atoms. The molecule has 33 heavy (non-hydrogen) atoms. The molecule has 1 saturated heterocycles. The van der Waals surface area contributed by atoms with Crippen molar-refractivity contribution in [2.45, 2.75) is 39.3 Å². The molecular formula is C23H25FN6O3. The maximum absolute atomic E-state index is 14.9. The number of rotatable bonds is 8. The van der Waals surface area contributed by atoms with Crippen LogP contribution in [0.1, 0.15) is 24.7 Å². The van der Waals surface area contributed by atoms with Gasteiger partial charge in [0.2, 0.25) is 5.91 Å². The zero-order valence-corrected chi connectivity index (χ0v) is 18.5. The fourth-order valence-corrected chi connectivity index (χ4v) is 3.74. The van der Waals surface area contributed by atoms with Crippen LogP contribution in [0.2, 0.25) is 0 Å². The Kier molecular flexibility index (Phi) is 6.62. The molecule has 1 atom stereocenters. The van der Waals surface area contributed by atoms with Crippen LogP contribution in [0, 0.1) is 12.7 Å². The van der Waals surface area contributed by atoms with Crippen LogP contribution in [-0.2, 0) is 22.5 Å². The molecule has 1 N–H and O–H groups in total. The topological polar surface area (TPSA) is 102 Å². The van der Waals surface area contributed by atoms with Gasteiger partial charge < -0.3 is 10.1 Å². The first-order valence-electron chi connectivity index (χ1n) is 10.7. The summed E-state index contributed by atoms with van der Waals surface area (Å²) in [6.07, 6.45) is 0.723. The van der Waals surface area contributed by atoms with E-state index in [2.05, 4.69) is 20.8 Å². The molecule has 3 aromatic rings. The third-order valence-corrected chi connectivity index (χ3v) is 5.53. The van der Waals surface area contributed by atoms with E-state index in [9.17, 15) is 14.0 Å². The molecule has 2 heterocycles. The second-order valence-electron chi connectivity index (χ2n) is 7.97. The summed E-state index contributed by atoms with van der Waals surface area (Å²) in [5.41, 5.74) is 2.77. The standard InChI is InChI=1S/C23H25FN6O3/c1-15-26-27-28-30(15)11-3-4-17-5-7-18(8-6-17)21-10-9-19(12-22(21)24)29-14-20(33-23(29)32)13-25-16(2)31/h5-10,12,20H,3-4,11,13-14H2,1-2H3,(H,25,31). The van der Waals surface area contributed by atoms with Crippen molar-refractivity contribution in [1.82, 2.24) is 25.5 Å². The van der Waals surface area contributed by atoms with Gasteiger partial charge in [0.15, 0.2) is 0 Å². The SMILES string of the molecule is CC(=O)NCC1CN(c2ccc(-c3ccc(CCCn4nnnc4C)cc3)c(F)c2)C(=O)O1. The van der Waals surface area contributed by atoms with Crippen molar-refractivity contribution in [3.63, 3.8) is 0 Å². The van der Waals surface area contributed by atoms with Crippen molar-refractivity contribution in [3.8, 4) is 11.1 Å². The Morgan fingerprint density at radius 1 is 1.24 bits per heavy atom. The van der Waals surface area contributed by atoms with Crippen LogP contribution in [0.3, 0.4) is 0 Å². The first-order chi connectivity index (χ1) is 15.9. The lowest BCUT2D eigenvalue weighted by Crippen LogP contribution is -2.33. The van der Waals surface area contributed by atoms with Gasteiger partial charge in [-0.1, -0.05) is 24.3 Å². The van der Waals surface area contributed by atoms with Crippen molar-refractivity contribution in [3.05, 3.63) is 59.7 Å². The highest BCUT2D eigenvalue weighted by Gasteiger charge is 2.32. The number of anilines is 1. The lowest BCUT2D eigenvalue weighted by atomic mass is 10.0. The van der Waals surface area contributed by atoms with E-state index < -0.39 is 18.0 Å². The van der Waals surface area contributed by atoms with Crippen molar-refractivity contribution in [2.75, 3.05) is 18.0 Å². The van der Waals surface area contributed by atoms with Gasteiger partial charge in [-0.25, -0.2) is 13.9 Å². The van der Waals surface area contributed by atoms with Crippen molar-refractivity contribution >= 4 is 17.7 Å². The number of aromatic nitrogens is 4. The molecule has 0 radical (unpaired) electrons. The number of ether oxygens (including phenoxy) is 1. The van der Waals surface area contributed by atoms with Gasteiger partial charge in [0.25, 0.3) is 0 Å². The number of aryl methyl sites for hydroxylation is 3. The molecule has 0 spiro atoms. The summed E-state index contributed by atoms with van der Waals surface area (Å²) >= 11 is 0. The van der Waals surface area contributed by atoms with Gasteiger partial charge in [-0.05, 0) is 59.5 Å². The molecule has 9 nitrogen and oxygen atoms in total. The Labute approximate surface area is 190 Å². The zero-order valence-electron chi connectivity index (χ0n) is 18.5. The number of nitrogens with zero attached hydrogens (tertiary/aromatic N) is 5. The average molecular weight is 452 g/mol. The number of nitrogens with one attached hydrogen (secondary N) is 1. The summed E-state index contributed by atoms with van der Waals surface area (Å²) in [5.74, 6) is 0.163. The fraction of sp³-hybridized carbons (Fsp3) is 0.348. The molecule has 1 aromatic heterocycles. The number of carbonyl (C=O) groups excluding carboxylic acids is 2. The molecule has 10 heteroatoms. The van der Waals surface area contributed by atoms with E-state index in [4.69, 9.17) is 4.74 Å². The van der Waals surface area contributed by atoms with Crippen LogP contribution < -0.4 is 10.2 Å². The minimum Gasteiger partial charge on any atom is -0.442 e. The molecule has 0 aliphatic carbocycles. The third-order valence-electron chi connectivity index (χ3n) is 5.53. The second-order valence-corrected chi connectivity index (χ2v) is 7.97. The third kappa shape index (κ3) is 5.33. The fourth-order valence-electron chi connectivity index (χ4n) is 3.74. The second kappa shape index (κ2) is 9.76. The lowest BCUT2D eigenvalue weighted by Gasteiger charge is -2.15. The largest absolute Gasteiger partial charge is 0.442 e. The van der Waals surface area contributed by atoms with Gasteiger partial charge in [0.05, 0.1) is 18.8 Å². The molecule has 2 amide bonds. The van der Waals surface area contributed by atoms with E-state index in [0.29, 0.717) is 11.3 Å². The minimum atomic E-state index is -0.557. The number of benzene rings is 2. The minimum absolute atomic E-state index is 0.200. The van der Waals surface area contributed by atoms with E-state index in [-0.39, 0.29) is 19.0 Å². The van der Waals surface area contributed by atoms with Crippen LogP contribution in [-0.4, -0.2) is 51.4 Å². The summed E-state index contributed by atoms with van der Waals surface area (Å²) in [6, 6.07) is 12.4. The molecule has 0 saturated carbocycles. The Bertz CT molecular complexity index is 1150. The highest BCUT2D eigenvalue weighted by atomic mass is 19.1. The van der Waals surface area contributed by atoms with Crippen molar-refractivity contribution in [2.24, 2.45) is 0 Å². The number of halogens is 1. The average Bonchev–Trinajstić information content (AvgIpc) is 3.38. The summed E-state index contributed by atoms with van der Waals surface area (Å²) in [7, 11) is 0. The molecule has 1 unspecified atom stereocenters. The van der Waals surface area contributed by atoms with E-state index in [1.807, 2.05) is 31.2 Å². The Morgan fingerprint density at radius 2 is 2.03 bits per heavy atom. The summed E-state index contributed by atoms with van der Waals surface area (Å²) < 4.78 is 21.9. The highest BCUT2D eigenvalue weighted by Crippen LogP contribution is 2.29. The molecule has 1 aliphatic rings. The van der Waals surface area contributed by atoms with E-state index in [1.165, 1.54) is 17.9 Å². The number of hydrogen-bond acceptors (Lipinski definition) is 6. The maximum atomic E-state index is 14.9. The monoisotopic (exact) mass is 452 g/mol. The van der Waals surface area contributed by atoms with Gasteiger partial charge >= 0.3 is 6.09 Å². The Hall–Kier alpha value is -3.82. The van der Waals surface area contributed by atoms with E-state index >= 15 is 0 Å². The van der Waals surface area contributed by atoms with Crippen LogP contribution in [0.4, 0.5) is 14.9 Å². The predicted octanol–water partition coefficient (Wildman–Crippen LogP) is 2.88. The zero-order chi connectivity index (χ0) is 23.4. The maximum Gasteiger partial charge on any atom is 0.414 e. The number of hydrogen-bond donors (Lipinski definition) is 1. The summed E-state index contributed by atoms with van der Waals surface area (Å²) in [6.45, 7) is 4.47. The predicted molar refractivity (Wildman–Crippen MR) is 119 cm³/mol. The lowest BCUT2D eigenvalue weighted by molar-refractivity contribution is -0.119. The molecule has 1 aliphatic heterocycles. The molecule has 1 fully saturated rings. The molecule has 4 rings (SSSR count). The molecule has 172 valence electrons. The van der Waals surface area contributed by atoms with Crippen LogP contribution >= 0.6 is 0 Å². The normalized spacial score (nSPS) is 15.5. The van der Waals surface area contributed by atoms with Gasteiger partial charge in [0, 0.05) is 19.0 Å². The number of cyclic esters (lactones) is 1. The Morgan fingerprint density at radius 3 is 2.70 bits per heavy atom. The highest BCUT2D eigenvalue weighted by molar-refractivity contribution is 5.90. The number of amides is 2. The van der Waals surface area contributed by atoms with Crippen LogP contribution in [0.5, 0.6) is 0 Å². The van der Waals surface area contributed by atoms with E-state index in [1.54, 1.807) is 16.8 Å². The van der Waals surface area contributed by atoms with Gasteiger partial charge in [-0.3, -0.25) is 9.69 Å². The van der Waals surface area contributed by atoms with E-state index in [0.717, 1.165) is 36.3 Å². The van der Waals surface area contributed by atoms with Gasteiger partial charge in [0.1, 0.15) is 17.7 Å². The first-order valence-corrected chi connectivity index (χ1v) is 10.7. The molecule has 2 aromatic carbocycles. The van der Waals surface area contributed by atoms with Gasteiger partial charge in [-0.15, -0.1) is 5.10 Å². The van der Waals surface area contributed by atoms with Crippen molar-refractivity contribution in [1.29, 1.82) is 0 Å². The van der Waals surface area contributed by atoms with Crippen LogP contribution in [0.15, 0.2) is 42.5 Å². The summed E-state index contributed by atoms with van der Waals surface area (Å²) in [4.78, 5) is 24.6. The van der Waals surface area contributed by atoms with Crippen LogP contribution in [0.25, 0.3) is 11.1 Å².